The molecule has 174 valence electrons. The minimum atomic E-state index is -0.420. The Hall–Kier alpha value is -1.84. The predicted octanol–water partition coefficient (Wildman–Crippen LogP) is 7.56. The molecular formula is C26H46O4. The molecule has 0 saturated heterocycles. The fourth-order valence-electron chi connectivity index (χ4n) is 3.15. The molecule has 0 heterocycles. The Morgan fingerprint density at radius 3 is 1.73 bits per heavy atom. The van der Waals surface area contributed by atoms with Gasteiger partial charge in [-0.25, -0.2) is 4.79 Å². The van der Waals surface area contributed by atoms with Crippen LogP contribution in [0.3, 0.4) is 0 Å². The molecule has 1 fully saturated rings. The SMILES string of the molecule is CC.CC.CC.CCOC(=O)c1ccc(C2CCC(C(=O)OC(C)(C)C)CC2)cc1. The number of hydrogen-bond donors (Lipinski definition) is 0. The van der Waals surface area contributed by atoms with Gasteiger partial charge in [-0.15, -0.1) is 0 Å². The van der Waals surface area contributed by atoms with Gasteiger partial charge in [0.1, 0.15) is 5.60 Å². The topological polar surface area (TPSA) is 52.6 Å². The molecule has 0 N–H and O–H groups in total. The van der Waals surface area contributed by atoms with Crippen LogP contribution in [0, 0.1) is 5.92 Å². The second-order valence-corrected chi connectivity index (χ2v) is 7.42. The van der Waals surface area contributed by atoms with Crippen molar-refractivity contribution in [3.8, 4) is 0 Å². The summed E-state index contributed by atoms with van der Waals surface area (Å²) in [6.45, 7) is 19.9. The van der Waals surface area contributed by atoms with Crippen LogP contribution in [-0.2, 0) is 14.3 Å². The van der Waals surface area contributed by atoms with Gasteiger partial charge in [-0.2, -0.15) is 0 Å². The number of ether oxygens (including phenoxy) is 2. The lowest BCUT2D eigenvalue weighted by Gasteiger charge is -2.30. The molecule has 1 aromatic rings. The standard InChI is InChI=1S/C20H28O4.3C2H6/c1-5-23-18(21)16-10-6-14(7-11-16)15-8-12-17(13-9-15)19(22)24-20(2,3)4;3*1-2/h6-7,10-11,15,17H,5,8-9,12-13H2,1-4H3;3*1-2H3. The van der Waals surface area contributed by atoms with E-state index in [2.05, 4.69) is 0 Å². The number of esters is 2. The van der Waals surface area contributed by atoms with Crippen molar-refractivity contribution in [3.63, 3.8) is 0 Å². The highest BCUT2D eigenvalue weighted by Gasteiger charge is 2.30. The molecule has 1 aromatic carbocycles. The Labute approximate surface area is 185 Å². The summed E-state index contributed by atoms with van der Waals surface area (Å²) in [7, 11) is 0. The van der Waals surface area contributed by atoms with Crippen molar-refractivity contribution >= 4 is 11.9 Å². The van der Waals surface area contributed by atoms with E-state index < -0.39 is 5.60 Å². The van der Waals surface area contributed by atoms with Crippen molar-refractivity contribution in [1.29, 1.82) is 0 Å². The summed E-state index contributed by atoms with van der Waals surface area (Å²) < 4.78 is 10.5. The Bertz CT molecular complexity index is 562. The maximum absolute atomic E-state index is 12.2. The summed E-state index contributed by atoms with van der Waals surface area (Å²) in [4.78, 5) is 23.9. The van der Waals surface area contributed by atoms with Gasteiger partial charge in [0.15, 0.2) is 0 Å². The summed E-state index contributed by atoms with van der Waals surface area (Å²) >= 11 is 0. The first-order valence-corrected chi connectivity index (χ1v) is 11.8. The number of rotatable bonds is 4. The zero-order valence-corrected chi connectivity index (χ0v) is 21.1. The van der Waals surface area contributed by atoms with E-state index in [-0.39, 0.29) is 17.9 Å². The van der Waals surface area contributed by atoms with E-state index in [9.17, 15) is 9.59 Å². The third kappa shape index (κ3) is 11.4. The molecule has 0 radical (unpaired) electrons. The van der Waals surface area contributed by atoms with Crippen molar-refractivity contribution in [2.45, 2.75) is 106 Å². The van der Waals surface area contributed by atoms with Gasteiger partial charge in [0.2, 0.25) is 0 Å². The highest BCUT2D eigenvalue weighted by atomic mass is 16.6. The number of benzene rings is 1. The van der Waals surface area contributed by atoms with E-state index in [0.717, 1.165) is 25.7 Å². The summed E-state index contributed by atoms with van der Waals surface area (Å²) in [6, 6.07) is 7.66. The van der Waals surface area contributed by atoms with Crippen LogP contribution in [0.15, 0.2) is 24.3 Å². The van der Waals surface area contributed by atoms with Gasteiger partial charge in [-0.3, -0.25) is 4.79 Å². The molecule has 4 heteroatoms. The molecule has 0 aliphatic heterocycles. The van der Waals surface area contributed by atoms with Gasteiger partial charge >= 0.3 is 11.9 Å². The van der Waals surface area contributed by atoms with Crippen LogP contribution < -0.4 is 0 Å². The van der Waals surface area contributed by atoms with Crippen molar-refractivity contribution < 1.29 is 19.1 Å². The molecular weight excluding hydrogens is 376 g/mol. The zero-order valence-electron chi connectivity index (χ0n) is 21.1. The van der Waals surface area contributed by atoms with E-state index in [0.29, 0.717) is 18.1 Å². The van der Waals surface area contributed by atoms with Crippen LogP contribution >= 0.6 is 0 Å². The third-order valence-corrected chi connectivity index (χ3v) is 4.36. The van der Waals surface area contributed by atoms with Crippen molar-refractivity contribution in [3.05, 3.63) is 35.4 Å². The molecule has 1 saturated carbocycles. The van der Waals surface area contributed by atoms with Crippen LogP contribution in [0.2, 0.25) is 0 Å². The minimum Gasteiger partial charge on any atom is -0.462 e. The highest BCUT2D eigenvalue weighted by Crippen LogP contribution is 2.36. The molecule has 0 aromatic heterocycles. The minimum absolute atomic E-state index is 0.0132. The average molecular weight is 423 g/mol. The lowest BCUT2D eigenvalue weighted by Crippen LogP contribution is -2.30. The van der Waals surface area contributed by atoms with E-state index in [1.54, 1.807) is 6.92 Å². The van der Waals surface area contributed by atoms with Crippen LogP contribution in [0.5, 0.6) is 0 Å². The predicted molar refractivity (Wildman–Crippen MR) is 127 cm³/mol. The lowest BCUT2D eigenvalue weighted by molar-refractivity contribution is -0.161. The van der Waals surface area contributed by atoms with Gasteiger partial charge < -0.3 is 9.47 Å². The quantitative estimate of drug-likeness (QED) is 0.470. The number of carbonyl (C=O) groups excluding carboxylic acids is 2. The maximum atomic E-state index is 12.2. The van der Waals surface area contributed by atoms with Crippen molar-refractivity contribution in [2.75, 3.05) is 6.61 Å². The summed E-state index contributed by atoms with van der Waals surface area (Å²) in [6.07, 6.45) is 3.67. The van der Waals surface area contributed by atoms with Crippen molar-refractivity contribution in [2.24, 2.45) is 5.92 Å². The molecule has 4 nitrogen and oxygen atoms in total. The first-order chi connectivity index (χ1) is 14.3. The van der Waals surface area contributed by atoms with Gasteiger partial charge in [0, 0.05) is 0 Å². The largest absolute Gasteiger partial charge is 0.462 e. The molecule has 0 unspecified atom stereocenters. The van der Waals surface area contributed by atoms with Crippen LogP contribution in [0.1, 0.15) is 117 Å². The summed E-state index contributed by atoms with van der Waals surface area (Å²) in [5.74, 6) is 0.107. The second-order valence-electron chi connectivity index (χ2n) is 7.42. The molecule has 1 aliphatic rings. The molecule has 30 heavy (non-hydrogen) atoms. The zero-order chi connectivity index (χ0) is 23.7. The Balaban J connectivity index is 0. The first kappa shape index (κ1) is 30.4. The van der Waals surface area contributed by atoms with Gasteiger partial charge in [0.05, 0.1) is 18.1 Å². The Kier molecular flexibility index (Phi) is 17.1. The number of hydrogen-bond acceptors (Lipinski definition) is 4. The Morgan fingerprint density at radius 2 is 1.33 bits per heavy atom. The first-order valence-electron chi connectivity index (χ1n) is 11.8. The third-order valence-electron chi connectivity index (χ3n) is 4.36. The molecule has 0 bridgehead atoms. The van der Waals surface area contributed by atoms with Gasteiger partial charge in [0.25, 0.3) is 0 Å². The summed E-state index contributed by atoms with van der Waals surface area (Å²) in [5.41, 5.74) is 1.39. The molecule has 1 aliphatic carbocycles. The smallest absolute Gasteiger partial charge is 0.338 e. The normalized spacial score (nSPS) is 17.5. The van der Waals surface area contributed by atoms with E-state index in [1.165, 1.54) is 5.56 Å². The molecule has 0 amide bonds. The fraction of sp³-hybridized carbons (Fsp3) is 0.692. The summed E-state index contributed by atoms with van der Waals surface area (Å²) in [5, 5.41) is 0. The molecule has 0 spiro atoms. The second kappa shape index (κ2) is 16.9. The number of carbonyl (C=O) groups is 2. The van der Waals surface area contributed by atoms with E-state index in [1.807, 2.05) is 86.6 Å². The van der Waals surface area contributed by atoms with Gasteiger partial charge in [-0.1, -0.05) is 53.7 Å². The lowest BCUT2D eigenvalue weighted by atomic mass is 9.78. The van der Waals surface area contributed by atoms with Crippen LogP contribution in [0.25, 0.3) is 0 Å². The Morgan fingerprint density at radius 1 is 0.867 bits per heavy atom. The van der Waals surface area contributed by atoms with Crippen LogP contribution in [0.4, 0.5) is 0 Å². The molecule has 2 rings (SSSR count). The maximum Gasteiger partial charge on any atom is 0.338 e. The van der Waals surface area contributed by atoms with E-state index in [4.69, 9.17) is 9.47 Å². The van der Waals surface area contributed by atoms with Gasteiger partial charge in [-0.05, 0) is 77.0 Å². The molecule has 0 atom stereocenters. The average Bonchev–Trinajstić information content (AvgIpc) is 2.77. The monoisotopic (exact) mass is 422 g/mol. The van der Waals surface area contributed by atoms with E-state index >= 15 is 0 Å². The van der Waals surface area contributed by atoms with Crippen molar-refractivity contribution in [1.82, 2.24) is 0 Å². The fourth-order valence-corrected chi connectivity index (χ4v) is 3.15. The highest BCUT2D eigenvalue weighted by molar-refractivity contribution is 5.89. The van der Waals surface area contributed by atoms with Crippen LogP contribution in [-0.4, -0.2) is 24.1 Å².